The monoisotopic (exact) mass is 320 g/mol. The van der Waals surface area contributed by atoms with Crippen molar-refractivity contribution >= 4 is 6.03 Å². The molecule has 5 heteroatoms. The summed E-state index contributed by atoms with van der Waals surface area (Å²) in [6.07, 6.45) is 3.05. The summed E-state index contributed by atoms with van der Waals surface area (Å²) in [4.78, 5) is 12.2. The molecular formula is C18H28N2O3. The molecule has 2 atom stereocenters. The summed E-state index contributed by atoms with van der Waals surface area (Å²) >= 11 is 0. The van der Waals surface area contributed by atoms with E-state index >= 15 is 0 Å². The molecule has 0 spiro atoms. The zero-order valence-electron chi connectivity index (χ0n) is 14.3. The molecule has 1 fully saturated rings. The van der Waals surface area contributed by atoms with Crippen LogP contribution in [0.25, 0.3) is 0 Å². The molecule has 1 saturated carbocycles. The molecule has 3 N–H and O–H groups in total. The van der Waals surface area contributed by atoms with Crippen LogP contribution in [0.5, 0.6) is 0 Å². The number of amides is 2. The van der Waals surface area contributed by atoms with Crippen LogP contribution in [0, 0.1) is 5.41 Å². The fourth-order valence-corrected chi connectivity index (χ4v) is 3.75. The third kappa shape index (κ3) is 3.51. The average molecular weight is 320 g/mol. The van der Waals surface area contributed by atoms with Crippen molar-refractivity contribution in [3.8, 4) is 0 Å². The summed E-state index contributed by atoms with van der Waals surface area (Å²) in [5, 5.41) is 15.3. The Morgan fingerprint density at radius 3 is 2.52 bits per heavy atom. The van der Waals surface area contributed by atoms with Gasteiger partial charge in [0.1, 0.15) is 0 Å². The largest absolute Gasteiger partial charge is 0.392 e. The Bertz CT molecular complexity index is 529. The second-order valence-electron chi connectivity index (χ2n) is 6.21. The molecule has 128 valence electrons. The van der Waals surface area contributed by atoms with Crippen LogP contribution >= 0.6 is 0 Å². The number of carbonyl (C=O) groups excluding carboxylic acids is 1. The van der Waals surface area contributed by atoms with Crippen molar-refractivity contribution in [3.05, 3.63) is 35.4 Å². The first-order valence-corrected chi connectivity index (χ1v) is 8.36. The summed E-state index contributed by atoms with van der Waals surface area (Å²) < 4.78 is 5.56. The van der Waals surface area contributed by atoms with Crippen LogP contribution in [0.3, 0.4) is 0 Å². The predicted octanol–water partition coefficient (Wildman–Crippen LogP) is 2.57. The maximum atomic E-state index is 12.2. The van der Waals surface area contributed by atoms with Crippen LogP contribution in [-0.4, -0.2) is 30.4 Å². The van der Waals surface area contributed by atoms with Gasteiger partial charge in [-0.15, -0.1) is 0 Å². The van der Waals surface area contributed by atoms with Gasteiger partial charge in [-0.2, -0.15) is 0 Å². The molecule has 1 aromatic rings. The number of benzene rings is 1. The Morgan fingerprint density at radius 1 is 1.30 bits per heavy atom. The number of rotatable bonds is 7. The first kappa shape index (κ1) is 17.8. The Hall–Kier alpha value is -1.59. The lowest BCUT2D eigenvalue weighted by atomic mass is 9.58. The Balaban J connectivity index is 1.90. The molecule has 0 aromatic heterocycles. The molecule has 2 amide bonds. The van der Waals surface area contributed by atoms with Crippen molar-refractivity contribution in [1.29, 1.82) is 0 Å². The number of aliphatic hydroxyl groups excluding tert-OH is 1. The molecule has 5 nitrogen and oxygen atoms in total. The molecule has 0 heterocycles. The van der Waals surface area contributed by atoms with Crippen LogP contribution in [-0.2, 0) is 17.9 Å². The van der Waals surface area contributed by atoms with Crippen molar-refractivity contribution in [3.63, 3.8) is 0 Å². The van der Waals surface area contributed by atoms with E-state index < -0.39 is 0 Å². The minimum Gasteiger partial charge on any atom is -0.392 e. The van der Waals surface area contributed by atoms with Crippen LogP contribution in [0.1, 0.15) is 44.2 Å². The standard InChI is InChI=1S/C18H28N2O3/c1-4-18(5-2)15(10-16(18)23-3)20-17(22)19-11-13-8-6-7-9-14(13)12-21/h6-9,15-16,21H,4-5,10-12H2,1-3H3,(H2,19,20,22). The third-order valence-electron chi connectivity index (χ3n) is 5.42. The number of nitrogens with one attached hydrogen (secondary N) is 2. The maximum absolute atomic E-state index is 12.2. The van der Waals surface area contributed by atoms with Gasteiger partial charge in [0.2, 0.25) is 0 Å². The Kier molecular flexibility index (Phi) is 6.02. The van der Waals surface area contributed by atoms with Crippen LogP contribution in [0.4, 0.5) is 4.79 Å². The minimum atomic E-state index is -0.163. The number of ether oxygens (including phenoxy) is 1. The van der Waals surface area contributed by atoms with Gasteiger partial charge in [-0.3, -0.25) is 0 Å². The molecule has 0 saturated heterocycles. The van der Waals surface area contributed by atoms with E-state index in [-0.39, 0.29) is 30.2 Å². The molecule has 1 aliphatic carbocycles. The highest BCUT2D eigenvalue weighted by Gasteiger charge is 2.53. The topological polar surface area (TPSA) is 70.6 Å². The summed E-state index contributed by atoms with van der Waals surface area (Å²) in [6, 6.07) is 7.55. The SMILES string of the molecule is CCC1(CC)C(NC(=O)NCc2ccccc2CO)CC1OC. The van der Waals surface area contributed by atoms with E-state index in [2.05, 4.69) is 24.5 Å². The third-order valence-corrected chi connectivity index (χ3v) is 5.42. The van der Waals surface area contributed by atoms with Gasteiger partial charge in [0.05, 0.1) is 12.7 Å². The van der Waals surface area contributed by atoms with Gasteiger partial charge in [0, 0.05) is 25.1 Å². The molecule has 2 unspecified atom stereocenters. The molecule has 2 rings (SSSR count). The fraction of sp³-hybridized carbons (Fsp3) is 0.611. The van der Waals surface area contributed by atoms with E-state index in [0.717, 1.165) is 30.4 Å². The fourth-order valence-electron chi connectivity index (χ4n) is 3.75. The smallest absolute Gasteiger partial charge is 0.315 e. The molecule has 0 bridgehead atoms. The summed E-state index contributed by atoms with van der Waals surface area (Å²) in [5.74, 6) is 0. The van der Waals surface area contributed by atoms with Gasteiger partial charge in [-0.05, 0) is 30.4 Å². The number of methoxy groups -OCH3 is 1. The highest BCUT2D eigenvalue weighted by molar-refractivity contribution is 5.74. The van der Waals surface area contributed by atoms with E-state index in [9.17, 15) is 9.90 Å². The number of hydrogen-bond donors (Lipinski definition) is 3. The van der Waals surface area contributed by atoms with Gasteiger partial charge < -0.3 is 20.5 Å². The lowest BCUT2D eigenvalue weighted by Gasteiger charge is -2.54. The molecule has 23 heavy (non-hydrogen) atoms. The molecular weight excluding hydrogens is 292 g/mol. The lowest BCUT2D eigenvalue weighted by molar-refractivity contribution is -0.119. The van der Waals surface area contributed by atoms with Gasteiger partial charge >= 0.3 is 6.03 Å². The van der Waals surface area contributed by atoms with Crippen LogP contribution in [0.2, 0.25) is 0 Å². The highest BCUT2D eigenvalue weighted by atomic mass is 16.5. The zero-order chi connectivity index (χ0) is 16.9. The first-order chi connectivity index (χ1) is 11.1. The van der Waals surface area contributed by atoms with Crippen molar-refractivity contribution in [1.82, 2.24) is 10.6 Å². The van der Waals surface area contributed by atoms with E-state index in [1.807, 2.05) is 24.3 Å². The summed E-state index contributed by atoms with van der Waals surface area (Å²) in [7, 11) is 1.74. The molecule has 1 aliphatic rings. The van der Waals surface area contributed by atoms with Crippen molar-refractivity contribution in [2.75, 3.05) is 7.11 Å². The van der Waals surface area contributed by atoms with E-state index in [1.54, 1.807) is 7.11 Å². The van der Waals surface area contributed by atoms with Crippen LogP contribution in [0.15, 0.2) is 24.3 Å². The predicted molar refractivity (Wildman–Crippen MR) is 90.0 cm³/mol. The number of urea groups is 1. The average Bonchev–Trinajstić information content (AvgIpc) is 2.57. The van der Waals surface area contributed by atoms with Crippen molar-refractivity contribution in [2.24, 2.45) is 5.41 Å². The van der Waals surface area contributed by atoms with Crippen molar-refractivity contribution < 1.29 is 14.6 Å². The second-order valence-corrected chi connectivity index (χ2v) is 6.21. The van der Waals surface area contributed by atoms with Gasteiger partial charge in [-0.1, -0.05) is 38.1 Å². The molecule has 0 radical (unpaired) electrons. The van der Waals surface area contributed by atoms with Crippen molar-refractivity contribution in [2.45, 2.75) is 58.4 Å². The molecule has 0 aliphatic heterocycles. The highest BCUT2D eigenvalue weighted by Crippen LogP contribution is 2.48. The quantitative estimate of drug-likeness (QED) is 0.723. The number of hydrogen-bond acceptors (Lipinski definition) is 3. The van der Waals surface area contributed by atoms with E-state index in [4.69, 9.17) is 4.74 Å². The van der Waals surface area contributed by atoms with E-state index in [0.29, 0.717) is 6.54 Å². The minimum absolute atomic E-state index is 0.0214. The first-order valence-electron chi connectivity index (χ1n) is 8.36. The lowest BCUT2D eigenvalue weighted by Crippen LogP contribution is -2.65. The number of aliphatic hydroxyl groups is 1. The van der Waals surface area contributed by atoms with Crippen LogP contribution < -0.4 is 10.6 Å². The zero-order valence-corrected chi connectivity index (χ0v) is 14.3. The molecule has 1 aromatic carbocycles. The van der Waals surface area contributed by atoms with Gasteiger partial charge in [0.15, 0.2) is 0 Å². The van der Waals surface area contributed by atoms with Gasteiger partial charge in [0.25, 0.3) is 0 Å². The van der Waals surface area contributed by atoms with Gasteiger partial charge in [-0.25, -0.2) is 4.79 Å². The number of carbonyl (C=O) groups is 1. The normalized spacial score (nSPS) is 22.3. The second kappa shape index (κ2) is 7.79. The maximum Gasteiger partial charge on any atom is 0.315 e. The Morgan fingerprint density at radius 2 is 1.96 bits per heavy atom. The summed E-state index contributed by atoms with van der Waals surface area (Å²) in [5.41, 5.74) is 1.81. The van der Waals surface area contributed by atoms with E-state index in [1.165, 1.54) is 0 Å². The summed E-state index contributed by atoms with van der Waals surface area (Å²) in [6.45, 7) is 4.69. The Labute approximate surface area is 138 Å².